The number of carboxylic acids is 1. The van der Waals surface area contributed by atoms with Crippen LogP contribution < -0.4 is 5.32 Å². The van der Waals surface area contributed by atoms with Crippen LogP contribution in [0.1, 0.15) is 45.4 Å². The Kier molecular flexibility index (Phi) is 2.85. The minimum Gasteiger partial charge on any atom is -0.478 e. The molecule has 1 amide bonds. The first-order chi connectivity index (χ1) is 9.58. The van der Waals surface area contributed by atoms with Crippen LogP contribution >= 0.6 is 0 Å². The van der Waals surface area contributed by atoms with Crippen LogP contribution in [0, 0.1) is 6.92 Å². The molecule has 1 fully saturated rings. The highest BCUT2D eigenvalue weighted by Crippen LogP contribution is 2.36. The molecule has 2 aromatic rings. The molecule has 1 saturated carbocycles. The van der Waals surface area contributed by atoms with Crippen molar-refractivity contribution in [2.75, 3.05) is 5.32 Å². The predicted octanol–water partition coefficient (Wildman–Crippen LogP) is 2.41. The lowest BCUT2D eigenvalue weighted by Gasteiger charge is -2.08. The molecule has 2 aromatic heterocycles. The van der Waals surface area contributed by atoms with Gasteiger partial charge in [-0.3, -0.25) is 4.79 Å². The van der Waals surface area contributed by atoms with Crippen molar-refractivity contribution in [2.24, 2.45) is 0 Å². The standard InChI is InChI=1S/C14H15N3O3/c1-8-12(14(19)20)10(7-15-8)16-13(18)11-3-2-6-17(11)9-4-5-9/h2-3,6-7,9,15H,4-5H2,1H3,(H,16,18)(H,19,20). The highest BCUT2D eigenvalue weighted by molar-refractivity contribution is 6.07. The van der Waals surface area contributed by atoms with Gasteiger partial charge in [-0.15, -0.1) is 0 Å². The van der Waals surface area contributed by atoms with Crippen LogP contribution in [0.3, 0.4) is 0 Å². The number of carboxylic acid groups (broad SMARTS) is 1. The summed E-state index contributed by atoms with van der Waals surface area (Å²) in [6.45, 7) is 1.66. The average Bonchev–Trinajstić information content (AvgIpc) is 3.00. The van der Waals surface area contributed by atoms with Crippen molar-refractivity contribution in [2.45, 2.75) is 25.8 Å². The summed E-state index contributed by atoms with van der Waals surface area (Å²) >= 11 is 0. The van der Waals surface area contributed by atoms with E-state index in [9.17, 15) is 9.59 Å². The van der Waals surface area contributed by atoms with E-state index in [0.29, 0.717) is 23.1 Å². The monoisotopic (exact) mass is 273 g/mol. The molecular formula is C14H15N3O3. The Hall–Kier alpha value is -2.50. The third kappa shape index (κ3) is 2.09. The number of aromatic amines is 1. The van der Waals surface area contributed by atoms with E-state index < -0.39 is 5.97 Å². The van der Waals surface area contributed by atoms with Crippen molar-refractivity contribution >= 4 is 17.6 Å². The summed E-state index contributed by atoms with van der Waals surface area (Å²) in [5.41, 5.74) is 1.47. The van der Waals surface area contributed by atoms with Gasteiger partial charge < -0.3 is 20.0 Å². The Bertz CT molecular complexity index is 680. The number of carbonyl (C=O) groups is 2. The van der Waals surface area contributed by atoms with Crippen LogP contribution in [0.2, 0.25) is 0 Å². The number of H-pyrrole nitrogens is 1. The fourth-order valence-electron chi connectivity index (χ4n) is 2.34. The van der Waals surface area contributed by atoms with Gasteiger partial charge in [0.1, 0.15) is 11.3 Å². The first kappa shape index (κ1) is 12.5. The number of hydrogen-bond acceptors (Lipinski definition) is 2. The molecule has 0 bridgehead atoms. The van der Waals surface area contributed by atoms with Gasteiger partial charge in [-0.05, 0) is 31.9 Å². The molecule has 3 N–H and O–H groups in total. The van der Waals surface area contributed by atoms with Crippen LogP contribution in [0.4, 0.5) is 5.69 Å². The van der Waals surface area contributed by atoms with Gasteiger partial charge >= 0.3 is 5.97 Å². The van der Waals surface area contributed by atoms with E-state index >= 15 is 0 Å². The maximum atomic E-state index is 12.3. The topological polar surface area (TPSA) is 87.1 Å². The van der Waals surface area contributed by atoms with Gasteiger partial charge in [0.15, 0.2) is 0 Å². The minimum absolute atomic E-state index is 0.0999. The second-order valence-corrected chi connectivity index (χ2v) is 4.99. The van der Waals surface area contributed by atoms with Gasteiger partial charge in [-0.25, -0.2) is 4.79 Å². The second-order valence-electron chi connectivity index (χ2n) is 4.99. The number of rotatable bonds is 4. The zero-order valence-electron chi connectivity index (χ0n) is 11.0. The molecule has 0 aromatic carbocycles. The van der Waals surface area contributed by atoms with E-state index in [4.69, 9.17) is 5.11 Å². The number of aryl methyl sites for hydroxylation is 1. The van der Waals surface area contributed by atoms with Crippen molar-refractivity contribution in [3.05, 3.63) is 41.5 Å². The number of nitrogens with one attached hydrogen (secondary N) is 2. The summed E-state index contributed by atoms with van der Waals surface area (Å²) in [5.74, 6) is -1.35. The average molecular weight is 273 g/mol. The molecule has 0 atom stereocenters. The first-order valence-corrected chi connectivity index (χ1v) is 6.47. The molecule has 0 radical (unpaired) electrons. The number of anilines is 1. The Morgan fingerprint density at radius 3 is 2.85 bits per heavy atom. The zero-order chi connectivity index (χ0) is 14.3. The lowest BCUT2D eigenvalue weighted by molar-refractivity contribution is 0.0697. The van der Waals surface area contributed by atoms with Crippen LogP contribution in [0.5, 0.6) is 0 Å². The molecule has 1 aliphatic rings. The minimum atomic E-state index is -1.06. The largest absolute Gasteiger partial charge is 0.478 e. The molecule has 3 rings (SSSR count). The maximum absolute atomic E-state index is 12.3. The second kappa shape index (κ2) is 4.56. The van der Waals surface area contributed by atoms with E-state index in [1.54, 1.807) is 13.0 Å². The normalized spacial score (nSPS) is 14.2. The van der Waals surface area contributed by atoms with Gasteiger partial charge in [0.25, 0.3) is 5.91 Å². The van der Waals surface area contributed by atoms with Gasteiger partial charge in [-0.2, -0.15) is 0 Å². The number of amides is 1. The van der Waals surface area contributed by atoms with Crippen molar-refractivity contribution in [3.63, 3.8) is 0 Å². The molecule has 0 saturated heterocycles. The van der Waals surface area contributed by atoms with E-state index in [2.05, 4.69) is 10.3 Å². The number of aromatic nitrogens is 2. The summed E-state index contributed by atoms with van der Waals surface area (Å²) in [7, 11) is 0. The lowest BCUT2D eigenvalue weighted by atomic mass is 10.2. The van der Waals surface area contributed by atoms with Crippen molar-refractivity contribution in [1.82, 2.24) is 9.55 Å². The van der Waals surface area contributed by atoms with Crippen LogP contribution in [0.25, 0.3) is 0 Å². The maximum Gasteiger partial charge on any atom is 0.339 e. The van der Waals surface area contributed by atoms with Crippen LogP contribution in [-0.4, -0.2) is 26.5 Å². The van der Waals surface area contributed by atoms with Crippen molar-refractivity contribution in [1.29, 1.82) is 0 Å². The highest BCUT2D eigenvalue weighted by Gasteiger charge is 2.27. The fraction of sp³-hybridized carbons (Fsp3) is 0.286. The molecule has 104 valence electrons. The molecule has 0 unspecified atom stereocenters. The lowest BCUT2D eigenvalue weighted by Crippen LogP contribution is -2.17. The number of nitrogens with zero attached hydrogens (tertiary/aromatic N) is 1. The Morgan fingerprint density at radius 2 is 2.20 bits per heavy atom. The van der Waals surface area contributed by atoms with E-state index in [1.165, 1.54) is 6.20 Å². The first-order valence-electron chi connectivity index (χ1n) is 6.47. The predicted molar refractivity (Wildman–Crippen MR) is 73.1 cm³/mol. The number of aromatic carboxylic acids is 1. The molecule has 2 heterocycles. The smallest absolute Gasteiger partial charge is 0.339 e. The third-order valence-corrected chi connectivity index (χ3v) is 3.49. The molecule has 1 aliphatic carbocycles. The zero-order valence-corrected chi connectivity index (χ0v) is 11.0. The third-order valence-electron chi connectivity index (χ3n) is 3.49. The van der Waals surface area contributed by atoms with E-state index in [0.717, 1.165) is 12.8 Å². The van der Waals surface area contributed by atoms with Crippen LogP contribution in [0.15, 0.2) is 24.5 Å². The molecule has 6 heteroatoms. The molecular weight excluding hydrogens is 258 g/mol. The van der Waals surface area contributed by atoms with Gasteiger partial charge in [0.2, 0.25) is 0 Å². The van der Waals surface area contributed by atoms with Gasteiger partial charge in [0.05, 0.1) is 5.69 Å². The highest BCUT2D eigenvalue weighted by atomic mass is 16.4. The summed E-state index contributed by atoms with van der Waals surface area (Å²) in [6, 6.07) is 3.97. The molecule has 6 nitrogen and oxygen atoms in total. The van der Waals surface area contributed by atoms with Crippen LogP contribution in [-0.2, 0) is 0 Å². The Labute approximate surface area is 115 Å². The Balaban J connectivity index is 1.86. The molecule has 0 aliphatic heterocycles. The summed E-state index contributed by atoms with van der Waals surface area (Å²) < 4.78 is 1.94. The van der Waals surface area contributed by atoms with Crippen molar-refractivity contribution in [3.8, 4) is 0 Å². The van der Waals surface area contributed by atoms with Gasteiger partial charge in [-0.1, -0.05) is 0 Å². The van der Waals surface area contributed by atoms with E-state index in [-0.39, 0.29) is 11.5 Å². The number of carbonyl (C=O) groups excluding carboxylic acids is 1. The molecule has 20 heavy (non-hydrogen) atoms. The quantitative estimate of drug-likeness (QED) is 0.799. The fourth-order valence-corrected chi connectivity index (χ4v) is 2.34. The summed E-state index contributed by atoms with van der Waals surface area (Å²) in [5, 5.41) is 11.8. The van der Waals surface area contributed by atoms with Gasteiger partial charge in [0, 0.05) is 24.1 Å². The van der Waals surface area contributed by atoms with Crippen molar-refractivity contribution < 1.29 is 14.7 Å². The SMILES string of the molecule is Cc1[nH]cc(NC(=O)c2cccn2C2CC2)c1C(=O)O. The number of hydrogen-bond donors (Lipinski definition) is 3. The van der Waals surface area contributed by atoms with E-state index in [1.807, 2.05) is 16.8 Å². The summed E-state index contributed by atoms with van der Waals surface area (Å²) in [6.07, 6.45) is 5.55. The Morgan fingerprint density at radius 1 is 1.45 bits per heavy atom. The summed E-state index contributed by atoms with van der Waals surface area (Å²) in [4.78, 5) is 26.3. The molecule has 0 spiro atoms.